The van der Waals surface area contributed by atoms with E-state index in [9.17, 15) is 4.79 Å². The Kier molecular flexibility index (Phi) is 4.74. The summed E-state index contributed by atoms with van der Waals surface area (Å²) in [6.45, 7) is 6.47. The zero-order valence-corrected chi connectivity index (χ0v) is 13.9. The molecule has 122 valence electrons. The lowest BCUT2D eigenvalue weighted by Crippen LogP contribution is -2.33. The standard InChI is InChI=1S/C18H24N4O/c1-3-10-21(11-15-8-9-15)18(23)17-13-22(20-19-17)12-16-7-5-4-6-14(16)2/h4-7,13,15H,3,8-12H2,1-2H3. The van der Waals surface area contributed by atoms with E-state index in [0.29, 0.717) is 18.2 Å². The number of hydrogen-bond donors (Lipinski definition) is 0. The number of carbonyl (C=O) groups excluding carboxylic acids is 1. The molecule has 1 heterocycles. The van der Waals surface area contributed by atoms with Gasteiger partial charge in [0, 0.05) is 13.1 Å². The zero-order valence-electron chi connectivity index (χ0n) is 13.9. The molecule has 5 nitrogen and oxygen atoms in total. The Morgan fingerprint density at radius 3 is 2.83 bits per heavy atom. The van der Waals surface area contributed by atoms with Gasteiger partial charge in [-0.3, -0.25) is 4.79 Å². The largest absolute Gasteiger partial charge is 0.337 e. The molecule has 1 aromatic carbocycles. The van der Waals surface area contributed by atoms with Crippen molar-refractivity contribution in [1.82, 2.24) is 19.9 Å². The quantitative estimate of drug-likeness (QED) is 0.790. The van der Waals surface area contributed by atoms with Gasteiger partial charge in [0.25, 0.3) is 5.91 Å². The minimum absolute atomic E-state index is 0.00906. The van der Waals surface area contributed by atoms with Gasteiger partial charge in [-0.15, -0.1) is 5.10 Å². The average molecular weight is 312 g/mol. The van der Waals surface area contributed by atoms with Crippen LogP contribution in [-0.2, 0) is 6.54 Å². The van der Waals surface area contributed by atoms with Crippen molar-refractivity contribution >= 4 is 5.91 Å². The Morgan fingerprint density at radius 2 is 2.13 bits per heavy atom. The minimum Gasteiger partial charge on any atom is -0.337 e. The van der Waals surface area contributed by atoms with Crippen LogP contribution >= 0.6 is 0 Å². The first-order chi connectivity index (χ1) is 11.2. The first-order valence-corrected chi connectivity index (χ1v) is 8.41. The fourth-order valence-electron chi connectivity index (χ4n) is 2.76. The van der Waals surface area contributed by atoms with Crippen LogP contribution in [0.2, 0.25) is 0 Å². The van der Waals surface area contributed by atoms with E-state index < -0.39 is 0 Å². The molecule has 0 atom stereocenters. The van der Waals surface area contributed by atoms with Crippen LogP contribution in [0.1, 0.15) is 47.8 Å². The molecule has 1 aliphatic carbocycles. The lowest BCUT2D eigenvalue weighted by atomic mass is 10.1. The predicted molar refractivity (Wildman–Crippen MR) is 89.2 cm³/mol. The zero-order chi connectivity index (χ0) is 16.2. The van der Waals surface area contributed by atoms with Crippen LogP contribution in [0, 0.1) is 12.8 Å². The highest BCUT2D eigenvalue weighted by molar-refractivity contribution is 5.91. The van der Waals surface area contributed by atoms with Gasteiger partial charge in [0.15, 0.2) is 5.69 Å². The predicted octanol–water partition coefficient (Wildman–Crippen LogP) is 2.90. The Labute approximate surface area is 137 Å². The van der Waals surface area contributed by atoms with Crippen molar-refractivity contribution < 1.29 is 4.79 Å². The van der Waals surface area contributed by atoms with Crippen LogP contribution in [0.3, 0.4) is 0 Å². The molecule has 0 N–H and O–H groups in total. The van der Waals surface area contributed by atoms with Crippen molar-refractivity contribution in [2.45, 2.75) is 39.7 Å². The summed E-state index contributed by atoms with van der Waals surface area (Å²) >= 11 is 0. The first kappa shape index (κ1) is 15.7. The Hall–Kier alpha value is -2.17. The summed E-state index contributed by atoms with van der Waals surface area (Å²) in [5, 5.41) is 8.22. The van der Waals surface area contributed by atoms with Gasteiger partial charge in [-0.25, -0.2) is 4.68 Å². The molecule has 0 saturated heterocycles. The number of amides is 1. The molecule has 23 heavy (non-hydrogen) atoms. The molecule has 5 heteroatoms. The van der Waals surface area contributed by atoms with Crippen LogP contribution in [-0.4, -0.2) is 38.9 Å². The SMILES string of the molecule is CCCN(CC1CC1)C(=O)c1cn(Cc2ccccc2C)nn1. The van der Waals surface area contributed by atoms with Gasteiger partial charge in [-0.2, -0.15) is 0 Å². The van der Waals surface area contributed by atoms with Crippen LogP contribution < -0.4 is 0 Å². The summed E-state index contributed by atoms with van der Waals surface area (Å²) in [5.41, 5.74) is 2.87. The van der Waals surface area contributed by atoms with E-state index in [1.165, 1.54) is 24.0 Å². The summed E-state index contributed by atoms with van der Waals surface area (Å²) in [4.78, 5) is 14.6. The number of aromatic nitrogens is 3. The maximum absolute atomic E-state index is 12.6. The van der Waals surface area contributed by atoms with Crippen molar-refractivity contribution in [2.75, 3.05) is 13.1 Å². The fourth-order valence-corrected chi connectivity index (χ4v) is 2.76. The molecule has 1 saturated carbocycles. The number of rotatable bonds is 7. The van der Waals surface area contributed by atoms with E-state index >= 15 is 0 Å². The van der Waals surface area contributed by atoms with Gasteiger partial charge in [0.05, 0.1) is 12.7 Å². The van der Waals surface area contributed by atoms with Gasteiger partial charge >= 0.3 is 0 Å². The normalized spacial score (nSPS) is 14.0. The van der Waals surface area contributed by atoms with Crippen molar-refractivity contribution in [1.29, 1.82) is 0 Å². The number of nitrogens with zero attached hydrogens (tertiary/aromatic N) is 4. The molecule has 1 fully saturated rings. The van der Waals surface area contributed by atoms with Crippen LogP contribution in [0.15, 0.2) is 30.5 Å². The topological polar surface area (TPSA) is 51.0 Å². The van der Waals surface area contributed by atoms with E-state index in [1.807, 2.05) is 17.0 Å². The summed E-state index contributed by atoms with van der Waals surface area (Å²) in [6.07, 6.45) is 5.22. The molecule has 3 rings (SSSR count). The third kappa shape index (κ3) is 3.97. The Bertz CT molecular complexity index is 675. The third-order valence-electron chi connectivity index (χ3n) is 4.31. The lowest BCUT2D eigenvalue weighted by molar-refractivity contribution is 0.0741. The molecule has 0 radical (unpaired) electrons. The van der Waals surface area contributed by atoms with Crippen molar-refractivity contribution in [3.05, 3.63) is 47.3 Å². The number of aryl methyl sites for hydroxylation is 1. The van der Waals surface area contributed by atoms with E-state index in [0.717, 1.165) is 19.5 Å². The van der Waals surface area contributed by atoms with Crippen LogP contribution in [0.5, 0.6) is 0 Å². The summed E-state index contributed by atoms with van der Waals surface area (Å²) in [5.74, 6) is 0.697. The number of hydrogen-bond acceptors (Lipinski definition) is 3. The second-order valence-corrected chi connectivity index (χ2v) is 6.42. The monoisotopic (exact) mass is 312 g/mol. The van der Waals surface area contributed by atoms with E-state index in [-0.39, 0.29) is 5.91 Å². The van der Waals surface area contributed by atoms with E-state index in [2.05, 4.69) is 36.3 Å². The van der Waals surface area contributed by atoms with Crippen molar-refractivity contribution in [2.24, 2.45) is 5.92 Å². The van der Waals surface area contributed by atoms with Gasteiger partial charge in [-0.05, 0) is 43.2 Å². The van der Waals surface area contributed by atoms with Gasteiger partial charge in [0.2, 0.25) is 0 Å². The maximum Gasteiger partial charge on any atom is 0.276 e. The number of carbonyl (C=O) groups is 1. The Morgan fingerprint density at radius 1 is 1.35 bits per heavy atom. The average Bonchev–Trinajstić information content (AvgIpc) is 3.24. The molecule has 2 aromatic rings. The number of benzene rings is 1. The summed E-state index contributed by atoms with van der Waals surface area (Å²) < 4.78 is 1.75. The molecule has 0 aliphatic heterocycles. The second-order valence-electron chi connectivity index (χ2n) is 6.42. The van der Waals surface area contributed by atoms with E-state index in [4.69, 9.17) is 0 Å². The summed E-state index contributed by atoms with van der Waals surface area (Å²) in [6, 6.07) is 8.20. The highest BCUT2D eigenvalue weighted by atomic mass is 16.2. The first-order valence-electron chi connectivity index (χ1n) is 8.41. The molecule has 0 bridgehead atoms. The van der Waals surface area contributed by atoms with Crippen LogP contribution in [0.4, 0.5) is 0 Å². The Balaban J connectivity index is 1.69. The molecule has 1 aromatic heterocycles. The molecule has 0 unspecified atom stereocenters. The molecule has 1 amide bonds. The van der Waals surface area contributed by atoms with Crippen molar-refractivity contribution in [3.63, 3.8) is 0 Å². The fraction of sp³-hybridized carbons (Fsp3) is 0.500. The summed E-state index contributed by atoms with van der Waals surface area (Å²) in [7, 11) is 0. The molecular formula is C18H24N4O. The second kappa shape index (κ2) is 6.94. The van der Waals surface area contributed by atoms with E-state index in [1.54, 1.807) is 10.9 Å². The lowest BCUT2D eigenvalue weighted by Gasteiger charge is -2.20. The molecule has 0 spiro atoms. The van der Waals surface area contributed by atoms with Gasteiger partial charge in [0.1, 0.15) is 0 Å². The third-order valence-corrected chi connectivity index (χ3v) is 4.31. The highest BCUT2D eigenvalue weighted by Gasteiger charge is 2.27. The molecular weight excluding hydrogens is 288 g/mol. The minimum atomic E-state index is 0.00906. The smallest absolute Gasteiger partial charge is 0.276 e. The molecule has 1 aliphatic rings. The van der Waals surface area contributed by atoms with Crippen LogP contribution in [0.25, 0.3) is 0 Å². The van der Waals surface area contributed by atoms with Gasteiger partial charge < -0.3 is 4.90 Å². The van der Waals surface area contributed by atoms with Crippen molar-refractivity contribution in [3.8, 4) is 0 Å². The van der Waals surface area contributed by atoms with Gasteiger partial charge in [-0.1, -0.05) is 36.4 Å². The maximum atomic E-state index is 12.6. The highest BCUT2D eigenvalue weighted by Crippen LogP contribution is 2.30.